The van der Waals surface area contributed by atoms with Gasteiger partial charge in [0, 0.05) is 17.0 Å². The van der Waals surface area contributed by atoms with Crippen LogP contribution in [0.4, 0.5) is 11.4 Å². The summed E-state index contributed by atoms with van der Waals surface area (Å²) in [7, 11) is 0. The molecule has 1 unspecified atom stereocenters. The Labute approximate surface area is 162 Å². The Morgan fingerprint density at radius 1 is 1.07 bits per heavy atom. The molecule has 0 bridgehead atoms. The smallest absolute Gasteiger partial charge is 0.243 e. The normalized spacial score (nSPS) is 15.5. The van der Waals surface area contributed by atoms with Crippen molar-refractivity contribution in [3.05, 3.63) is 53.6 Å². The van der Waals surface area contributed by atoms with Crippen LogP contribution in [-0.4, -0.2) is 29.5 Å². The molecule has 6 nitrogen and oxygen atoms in total. The molecule has 2 aromatic carbocycles. The van der Waals surface area contributed by atoms with Gasteiger partial charge in [-0.15, -0.1) is 11.8 Å². The first-order chi connectivity index (χ1) is 12.9. The van der Waals surface area contributed by atoms with Crippen molar-refractivity contribution in [2.75, 3.05) is 17.2 Å². The Balaban J connectivity index is 1.50. The maximum absolute atomic E-state index is 12.2. The minimum Gasteiger partial charge on any atom is -0.347 e. The fraction of sp³-hybridized carbons (Fsp3) is 0.250. The monoisotopic (exact) mass is 383 g/mol. The molecule has 0 fully saturated rings. The number of carbonyl (C=O) groups is 3. The highest BCUT2D eigenvalue weighted by molar-refractivity contribution is 8.01. The fourth-order valence-electron chi connectivity index (χ4n) is 2.73. The van der Waals surface area contributed by atoms with E-state index < -0.39 is 5.25 Å². The highest BCUT2D eigenvalue weighted by Crippen LogP contribution is 2.36. The number of para-hydroxylation sites is 1. The highest BCUT2D eigenvalue weighted by atomic mass is 32.2. The van der Waals surface area contributed by atoms with Gasteiger partial charge in [-0.2, -0.15) is 0 Å². The van der Waals surface area contributed by atoms with E-state index in [4.69, 9.17) is 0 Å². The standard InChI is InChI=1S/C20H21N3O3S/c1-12-6-5-8-14(13(12)2)22-19(25)11-21-18(24)10-17-20(26)23-15-7-3-4-9-16(15)27-17/h3-9,17H,10-11H2,1-2H3,(H,21,24)(H,22,25)(H,23,26). The summed E-state index contributed by atoms with van der Waals surface area (Å²) >= 11 is 1.36. The van der Waals surface area contributed by atoms with Crippen LogP contribution >= 0.6 is 11.8 Å². The molecule has 3 amide bonds. The number of hydrogen-bond acceptors (Lipinski definition) is 4. The van der Waals surface area contributed by atoms with Gasteiger partial charge in [-0.3, -0.25) is 14.4 Å². The first kappa shape index (κ1) is 19.0. The van der Waals surface area contributed by atoms with Gasteiger partial charge in [0.05, 0.1) is 17.5 Å². The van der Waals surface area contributed by atoms with Gasteiger partial charge in [-0.1, -0.05) is 24.3 Å². The van der Waals surface area contributed by atoms with Crippen LogP contribution in [0.15, 0.2) is 47.4 Å². The summed E-state index contributed by atoms with van der Waals surface area (Å²) in [6.45, 7) is 3.76. The van der Waals surface area contributed by atoms with Crippen molar-refractivity contribution in [3.63, 3.8) is 0 Å². The molecular weight excluding hydrogens is 362 g/mol. The zero-order valence-corrected chi connectivity index (χ0v) is 16.0. The first-order valence-electron chi connectivity index (χ1n) is 8.63. The van der Waals surface area contributed by atoms with Crippen molar-refractivity contribution in [1.29, 1.82) is 0 Å². The molecule has 27 heavy (non-hydrogen) atoms. The fourth-order valence-corrected chi connectivity index (χ4v) is 3.84. The minimum absolute atomic E-state index is 0.0155. The third-order valence-corrected chi connectivity index (χ3v) is 5.68. The molecule has 0 saturated carbocycles. The molecule has 7 heteroatoms. The number of carbonyl (C=O) groups excluding carboxylic acids is 3. The maximum atomic E-state index is 12.2. The molecular formula is C20H21N3O3S. The lowest BCUT2D eigenvalue weighted by molar-refractivity contribution is -0.125. The van der Waals surface area contributed by atoms with Gasteiger partial charge in [0.15, 0.2) is 0 Å². The van der Waals surface area contributed by atoms with Crippen molar-refractivity contribution in [2.45, 2.75) is 30.4 Å². The van der Waals surface area contributed by atoms with Crippen LogP contribution in [0.25, 0.3) is 0 Å². The summed E-state index contributed by atoms with van der Waals surface area (Å²) in [6, 6.07) is 13.1. The van der Waals surface area contributed by atoms with Crippen molar-refractivity contribution < 1.29 is 14.4 Å². The second-order valence-electron chi connectivity index (χ2n) is 6.37. The number of rotatable bonds is 5. The van der Waals surface area contributed by atoms with E-state index in [1.807, 2.05) is 56.3 Å². The lowest BCUT2D eigenvalue weighted by atomic mass is 10.1. The summed E-state index contributed by atoms with van der Waals surface area (Å²) < 4.78 is 0. The lowest BCUT2D eigenvalue weighted by Crippen LogP contribution is -2.37. The molecule has 0 aromatic heterocycles. The van der Waals surface area contributed by atoms with E-state index in [1.165, 1.54) is 11.8 Å². The molecule has 3 rings (SSSR count). The number of aryl methyl sites for hydroxylation is 1. The maximum Gasteiger partial charge on any atom is 0.243 e. The Kier molecular flexibility index (Phi) is 5.81. The third kappa shape index (κ3) is 4.68. The summed E-state index contributed by atoms with van der Waals surface area (Å²) in [5, 5.41) is 7.67. The summed E-state index contributed by atoms with van der Waals surface area (Å²) in [5.41, 5.74) is 3.56. The van der Waals surface area contributed by atoms with E-state index >= 15 is 0 Å². The molecule has 1 heterocycles. The van der Waals surface area contributed by atoms with Crippen LogP contribution in [0.1, 0.15) is 17.5 Å². The van der Waals surface area contributed by atoms with E-state index in [-0.39, 0.29) is 30.7 Å². The average Bonchev–Trinajstić information content (AvgIpc) is 2.64. The number of amides is 3. The van der Waals surface area contributed by atoms with Crippen LogP contribution in [0.3, 0.4) is 0 Å². The quantitative estimate of drug-likeness (QED) is 0.741. The second kappa shape index (κ2) is 8.26. The van der Waals surface area contributed by atoms with Crippen molar-refractivity contribution in [1.82, 2.24) is 5.32 Å². The molecule has 2 aromatic rings. The van der Waals surface area contributed by atoms with E-state index in [2.05, 4.69) is 16.0 Å². The van der Waals surface area contributed by atoms with Crippen LogP contribution in [-0.2, 0) is 14.4 Å². The van der Waals surface area contributed by atoms with Gasteiger partial charge in [0.25, 0.3) is 0 Å². The van der Waals surface area contributed by atoms with E-state index in [1.54, 1.807) is 0 Å². The second-order valence-corrected chi connectivity index (χ2v) is 7.61. The Bertz CT molecular complexity index is 898. The summed E-state index contributed by atoms with van der Waals surface area (Å²) in [6.07, 6.45) is 0.0155. The number of nitrogens with one attached hydrogen (secondary N) is 3. The summed E-state index contributed by atoms with van der Waals surface area (Å²) in [5.74, 6) is -0.838. The molecule has 0 spiro atoms. The molecule has 0 radical (unpaired) electrons. The Hall–Kier alpha value is -2.80. The number of benzene rings is 2. The SMILES string of the molecule is Cc1cccc(NC(=O)CNC(=O)CC2Sc3ccccc3NC2=O)c1C. The van der Waals surface area contributed by atoms with Gasteiger partial charge >= 0.3 is 0 Å². The summed E-state index contributed by atoms with van der Waals surface area (Å²) in [4.78, 5) is 37.3. The van der Waals surface area contributed by atoms with E-state index in [9.17, 15) is 14.4 Å². The van der Waals surface area contributed by atoms with Crippen LogP contribution in [0.2, 0.25) is 0 Å². The average molecular weight is 383 g/mol. The minimum atomic E-state index is -0.512. The number of thioether (sulfide) groups is 1. The van der Waals surface area contributed by atoms with Crippen molar-refractivity contribution in [2.24, 2.45) is 0 Å². The first-order valence-corrected chi connectivity index (χ1v) is 9.51. The third-order valence-electron chi connectivity index (χ3n) is 4.40. The van der Waals surface area contributed by atoms with E-state index in [0.29, 0.717) is 0 Å². The molecule has 0 saturated heterocycles. The molecule has 0 aliphatic carbocycles. The van der Waals surface area contributed by atoms with Gasteiger partial charge in [-0.05, 0) is 43.2 Å². The predicted octanol–water partition coefficient (Wildman–Crippen LogP) is 2.86. The number of anilines is 2. The predicted molar refractivity (Wildman–Crippen MR) is 107 cm³/mol. The van der Waals surface area contributed by atoms with Crippen LogP contribution in [0, 0.1) is 13.8 Å². The zero-order valence-electron chi connectivity index (χ0n) is 15.2. The highest BCUT2D eigenvalue weighted by Gasteiger charge is 2.28. The van der Waals surface area contributed by atoms with E-state index in [0.717, 1.165) is 27.4 Å². The molecule has 1 aliphatic heterocycles. The Morgan fingerprint density at radius 3 is 2.67 bits per heavy atom. The van der Waals surface area contributed by atoms with Gasteiger partial charge in [0.2, 0.25) is 17.7 Å². The number of hydrogen-bond donors (Lipinski definition) is 3. The van der Waals surface area contributed by atoms with Crippen LogP contribution < -0.4 is 16.0 Å². The lowest BCUT2D eigenvalue weighted by Gasteiger charge is -2.23. The Morgan fingerprint density at radius 2 is 1.85 bits per heavy atom. The largest absolute Gasteiger partial charge is 0.347 e. The van der Waals surface area contributed by atoms with Gasteiger partial charge < -0.3 is 16.0 Å². The van der Waals surface area contributed by atoms with Crippen molar-refractivity contribution >= 4 is 40.9 Å². The van der Waals surface area contributed by atoms with Crippen molar-refractivity contribution in [3.8, 4) is 0 Å². The van der Waals surface area contributed by atoms with Gasteiger partial charge in [0.1, 0.15) is 0 Å². The topological polar surface area (TPSA) is 87.3 Å². The number of fused-ring (bicyclic) bond motifs is 1. The molecule has 3 N–H and O–H groups in total. The molecule has 1 aliphatic rings. The van der Waals surface area contributed by atoms with Gasteiger partial charge in [-0.25, -0.2) is 0 Å². The molecule has 1 atom stereocenters. The zero-order chi connectivity index (χ0) is 19.4. The van der Waals surface area contributed by atoms with Crippen LogP contribution in [0.5, 0.6) is 0 Å². The molecule has 140 valence electrons.